The van der Waals surface area contributed by atoms with Crippen molar-refractivity contribution in [3.63, 3.8) is 0 Å². The molecule has 0 spiro atoms. The summed E-state index contributed by atoms with van der Waals surface area (Å²) in [5.74, 6) is 0. The fourth-order valence-corrected chi connectivity index (χ4v) is 5.62. The van der Waals surface area contributed by atoms with Crippen LogP contribution in [0.5, 0.6) is 0 Å². The standard InChI is InChI=1S/C21H14F6IS/c1-13-12-16(28)6-11-19(13)29(17-7-2-14(3-8-17)20(22,23)24)18-9-4-15(5-10-18)21(25,26)27/h2-12H,1H3/q+1. The minimum atomic E-state index is -4.45. The second-order valence-corrected chi connectivity index (χ2v) is 9.50. The summed E-state index contributed by atoms with van der Waals surface area (Å²) in [7, 11) is -0.843. The molecule has 0 fully saturated rings. The average molecular weight is 539 g/mol. The van der Waals surface area contributed by atoms with Gasteiger partial charge in [0.25, 0.3) is 0 Å². The first-order chi connectivity index (χ1) is 13.5. The van der Waals surface area contributed by atoms with Crippen LogP contribution >= 0.6 is 22.6 Å². The van der Waals surface area contributed by atoms with Crippen molar-refractivity contribution in [2.24, 2.45) is 0 Å². The number of alkyl halides is 6. The molecule has 0 N–H and O–H groups in total. The quantitative estimate of drug-likeness (QED) is 0.182. The fraction of sp³-hybridized carbons (Fsp3) is 0.143. The SMILES string of the molecule is Cc1cc(I)ccc1[S+](c1ccc(C(F)(F)F)cc1)c1ccc(C(F)(F)F)cc1. The number of halogens is 7. The van der Waals surface area contributed by atoms with E-state index in [1.54, 1.807) is 0 Å². The van der Waals surface area contributed by atoms with Gasteiger partial charge < -0.3 is 0 Å². The number of benzene rings is 3. The molecular formula is C21H14F6IS+. The summed E-state index contributed by atoms with van der Waals surface area (Å²) >= 11 is 2.15. The van der Waals surface area contributed by atoms with Crippen LogP contribution in [0.15, 0.2) is 81.4 Å². The molecule has 0 bridgehead atoms. The molecule has 152 valence electrons. The van der Waals surface area contributed by atoms with Crippen LogP contribution in [0.25, 0.3) is 0 Å². The van der Waals surface area contributed by atoms with Gasteiger partial charge in [0, 0.05) is 9.13 Å². The first-order valence-electron chi connectivity index (χ1n) is 8.32. The number of hydrogen-bond donors (Lipinski definition) is 0. The van der Waals surface area contributed by atoms with E-state index in [9.17, 15) is 26.3 Å². The molecule has 0 aliphatic heterocycles. The minimum absolute atomic E-state index is 0.599. The summed E-state index contributed by atoms with van der Waals surface area (Å²) in [4.78, 5) is 2.05. The van der Waals surface area contributed by atoms with E-state index >= 15 is 0 Å². The summed E-state index contributed by atoms with van der Waals surface area (Å²) in [6.07, 6.45) is -8.91. The lowest BCUT2D eigenvalue weighted by Gasteiger charge is -2.13. The van der Waals surface area contributed by atoms with Crippen LogP contribution in [-0.4, -0.2) is 0 Å². The summed E-state index contributed by atoms with van der Waals surface area (Å²) in [6.45, 7) is 1.88. The topological polar surface area (TPSA) is 0 Å². The molecule has 0 aromatic heterocycles. The van der Waals surface area contributed by atoms with E-state index in [0.29, 0.717) is 9.79 Å². The van der Waals surface area contributed by atoms with Gasteiger partial charge in [-0.1, -0.05) is 0 Å². The van der Waals surface area contributed by atoms with Crippen molar-refractivity contribution in [1.82, 2.24) is 0 Å². The zero-order valence-corrected chi connectivity index (χ0v) is 17.9. The van der Waals surface area contributed by atoms with Crippen molar-refractivity contribution >= 4 is 33.5 Å². The molecule has 0 saturated heterocycles. The van der Waals surface area contributed by atoms with Gasteiger partial charge in [-0.05, 0) is 96.2 Å². The fourth-order valence-electron chi connectivity index (χ4n) is 2.79. The zero-order valence-electron chi connectivity index (χ0n) is 14.9. The summed E-state index contributed by atoms with van der Waals surface area (Å²) in [5.41, 5.74) is -0.617. The Morgan fingerprint density at radius 2 is 1.07 bits per heavy atom. The third kappa shape index (κ3) is 5.09. The first kappa shape index (κ1) is 22.0. The van der Waals surface area contributed by atoms with Gasteiger partial charge in [0.15, 0.2) is 14.7 Å². The van der Waals surface area contributed by atoms with Gasteiger partial charge in [0.05, 0.1) is 22.0 Å². The molecule has 29 heavy (non-hydrogen) atoms. The lowest BCUT2D eigenvalue weighted by atomic mass is 10.2. The molecule has 3 rings (SSSR count). The molecule has 3 aromatic carbocycles. The van der Waals surface area contributed by atoms with Gasteiger partial charge in [-0.3, -0.25) is 0 Å². The van der Waals surface area contributed by atoms with Crippen LogP contribution < -0.4 is 0 Å². The van der Waals surface area contributed by atoms with E-state index in [-0.39, 0.29) is 0 Å². The smallest absolute Gasteiger partial charge is 0.166 e. The second-order valence-electron chi connectivity index (χ2n) is 6.26. The van der Waals surface area contributed by atoms with Crippen LogP contribution in [0.2, 0.25) is 0 Å². The maximum Gasteiger partial charge on any atom is 0.416 e. The summed E-state index contributed by atoms with van der Waals surface area (Å²) in [6, 6.07) is 15.2. The van der Waals surface area contributed by atoms with E-state index in [0.717, 1.165) is 38.3 Å². The van der Waals surface area contributed by atoms with Crippen molar-refractivity contribution in [3.05, 3.63) is 87.0 Å². The Balaban J connectivity index is 2.12. The molecule has 0 aliphatic carbocycles. The maximum absolute atomic E-state index is 12.9. The third-order valence-corrected chi connectivity index (χ3v) is 7.25. The highest BCUT2D eigenvalue weighted by molar-refractivity contribution is 14.1. The molecular weight excluding hydrogens is 525 g/mol. The van der Waals surface area contributed by atoms with Crippen LogP contribution in [0.1, 0.15) is 16.7 Å². The Hall–Kier alpha value is -1.68. The van der Waals surface area contributed by atoms with Crippen molar-refractivity contribution in [2.45, 2.75) is 34.0 Å². The van der Waals surface area contributed by atoms with Crippen LogP contribution in [0, 0.1) is 10.5 Å². The largest absolute Gasteiger partial charge is 0.416 e. The van der Waals surface area contributed by atoms with E-state index in [1.165, 1.54) is 24.3 Å². The van der Waals surface area contributed by atoms with E-state index in [4.69, 9.17) is 0 Å². The lowest BCUT2D eigenvalue weighted by molar-refractivity contribution is -0.138. The normalized spacial score (nSPS) is 12.4. The van der Waals surface area contributed by atoms with E-state index < -0.39 is 34.4 Å². The Bertz CT molecular complexity index is 934. The van der Waals surface area contributed by atoms with Crippen molar-refractivity contribution < 1.29 is 26.3 Å². The van der Waals surface area contributed by atoms with Gasteiger partial charge in [0.1, 0.15) is 0 Å². The van der Waals surface area contributed by atoms with Crippen molar-refractivity contribution in [3.8, 4) is 0 Å². The number of hydrogen-bond acceptors (Lipinski definition) is 0. The van der Waals surface area contributed by atoms with Crippen molar-refractivity contribution in [1.29, 1.82) is 0 Å². The zero-order chi connectivity index (χ0) is 21.4. The summed E-state index contributed by atoms with van der Waals surface area (Å²) < 4.78 is 78.5. The van der Waals surface area contributed by atoms with Crippen molar-refractivity contribution in [2.75, 3.05) is 0 Å². The second kappa shape index (κ2) is 8.22. The highest BCUT2D eigenvalue weighted by Gasteiger charge is 2.35. The van der Waals surface area contributed by atoms with Crippen LogP contribution in [-0.2, 0) is 23.2 Å². The number of rotatable bonds is 3. The molecule has 0 unspecified atom stereocenters. The lowest BCUT2D eigenvalue weighted by Crippen LogP contribution is -2.10. The predicted molar refractivity (Wildman–Crippen MR) is 109 cm³/mol. The molecule has 0 heterocycles. The average Bonchev–Trinajstić information content (AvgIpc) is 2.63. The molecule has 8 heteroatoms. The monoisotopic (exact) mass is 539 g/mol. The van der Waals surface area contributed by atoms with Crippen LogP contribution in [0.4, 0.5) is 26.3 Å². The Kier molecular flexibility index (Phi) is 6.24. The van der Waals surface area contributed by atoms with Gasteiger partial charge >= 0.3 is 12.4 Å². The van der Waals surface area contributed by atoms with E-state index in [1.807, 2.05) is 25.1 Å². The van der Waals surface area contributed by atoms with Gasteiger partial charge in [-0.15, -0.1) is 0 Å². The minimum Gasteiger partial charge on any atom is -0.166 e. The third-order valence-electron chi connectivity index (χ3n) is 4.19. The predicted octanol–water partition coefficient (Wildman–Crippen LogP) is 7.73. The molecule has 0 nitrogen and oxygen atoms in total. The van der Waals surface area contributed by atoms with Crippen LogP contribution in [0.3, 0.4) is 0 Å². The Morgan fingerprint density at radius 1 is 0.655 bits per heavy atom. The summed E-state index contributed by atoms with van der Waals surface area (Å²) in [5, 5.41) is 0. The van der Waals surface area contributed by atoms with Gasteiger partial charge in [0.2, 0.25) is 0 Å². The Labute approximate surface area is 180 Å². The molecule has 0 atom stereocenters. The molecule has 0 aliphatic rings. The van der Waals surface area contributed by atoms with Gasteiger partial charge in [-0.25, -0.2) is 0 Å². The van der Waals surface area contributed by atoms with E-state index in [2.05, 4.69) is 22.6 Å². The van der Waals surface area contributed by atoms with Gasteiger partial charge in [-0.2, -0.15) is 26.3 Å². The molecule has 0 saturated carbocycles. The molecule has 0 radical (unpaired) electrons. The molecule has 3 aromatic rings. The highest BCUT2D eigenvalue weighted by atomic mass is 127. The first-order valence-corrected chi connectivity index (χ1v) is 10.6. The maximum atomic E-state index is 12.9. The molecule has 0 amide bonds. The Morgan fingerprint density at radius 3 is 1.41 bits per heavy atom. The number of aryl methyl sites for hydroxylation is 1. The highest BCUT2D eigenvalue weighted by Crippen LogP contribution is 2.37.